The Morgan fingerprint density at radius 3 is 2.26 bits per heavy atom. The number of hydrogen-bond donors (Lipinski definition) is 0. The molecule has 2 aromatic heterocycles. The Labute approximate surface area is 176 Å². The van der Waals surface area contributed by atoms with Crippen LogP contribution in [0.15, 0.2) is 17.1 Å². The maximum absolute atomic E-state index is 12.6. The predicted molar refractivity (Wildman–Crippen MR) is 103 cm³/mol. The fourth-order valence-corrected chi connectivity index (χ4v) is 3.51. The smallest absolute Gasteiger partial charge is 0.303 e. The SMILES string of the molecule is COc1nc2c(ccn2[C@@H]2OC[C@@H](OC(C)=O)[C@@H](OC(C)=O)[C@H]2OC(C)=O)c(=O)n1C. The van der Waals surface area contributed by atoms with Crippen molar-refractivity contribution in [3.8, 4) is 6.01 Å². The molecule has 1 fully saturated rings. The zero-order valence-corrected chi connectivity index (χ0v) is 17.7. The van der Waals surface area contributed by atoms with Crippen LogP contribution in [0.5, 0.6) is 6.01 Å². The van der Waals surface area contributed by atoms with E-state index in [-0.39, 0.29) is 29.2 Å². The standard InChI is InChI=1S/C19H23N3O9/c1-9(23)29-13-8-28-18(15(31-11(3)25)14(13)30-10(2)24)22-7-6-12-16(22)20-19(27-5)21(4)17(12)26/h6-7,13-15,18H,8H2,1-5H3/t13-,14-,15-,18-/m1/s1. The molecule has 0 amide bonds. The van der Waals surface area contributed by atoms with E-state index in [0.29, 0.717) is 0 Å². The van der Waals surface area contributed by atoms with E-state index < -0.39 is 42.4 Å². The molecule has 12 heteroatoms. The lowest BCUT2D eigenvalue weighted by Gasteiger charge is -2.40. The molecule has 3 heterocycles. The maximum Gasteiger partial charge on any atom is 0.303 e. The lowest BCUT2D eigenvalue weighted by molar-refractivity contribution is -0.239. The third-order valence-corrected chi connectivity index (χ3v) is 4.69. The summed E-state index contributed by atoms with van der Waals surface area (Å²) in [4.78, 5) is 52.0. The highest BCUT2D eigenvalue weighted by Crippen LogP contribution is 2.32. The van der Waals surface area contributed by atoms with Crippen molar-refractivity contribution in [3.63, 3.8) is 0 Å². The second kappa shape index (κ2) is 8.76. The predicted octanol–water partition coefficient (Wildman–Crippen LogP) is 0.0675. The van der Waals surface area contributed by atoms with Gasteiger partial charge in [-0.2, -0.15) is 4.98 Å². The lowest BCUT2D eigenvalue weighted by atomic mass is 10.0. The van der Waals surface area contributed by atoms with Crippen LogP contribution in [0.4, 0.5) is 0 Å². The van der Waals surface area contributed by atoms with Crippen LogP contribution < -0.4 is 10.3 Å². The summed E-state index contributed by atoms with van der Waals surface area (Å²) in [6, 6.07) is 1.60. The van der Waals surface area contributed by atoms with Gasteiger partial charge in [-0.15, -0.1) is 0 Å². The van der Waals surface area contributed by atoms with E-state index in [1.807, 2.05) is 0 Å². The summed E-state index contributed by atoms with van der Waals surface area (Å²) in [5.41, 5.74) is -0.135. The molecule has 4 atom stereocenters. The number of nitrogens with zero attached hydrogens (tertiary/aromatic N) is 3. The van der Waals surface area contributed by atoms with Crippen LogP contribution in [0, 0.1) is 0 Å². The number of carbonyl (C=O) groups is 3. The Morgan fingerprint density at radius 2 is 1.68 bits per heavy atom. The van der Waals surface area contributed by atoms with E-state index in [1.165, 1.54) is 56.3 Å². The van der Waals surface area contributed by atoms with Gasteiger partial charge in [-0.25, -0.2) is 0 Å². The largest absolute Gasteiger partial charge is 0.468 e. The summed E-state index contributed by atoms with van der Waals surface area (Å²) in [5, 5.41) is 0.277. The first-order valence-electron chi connectivity index (χ1n) is 9.38. The molecule has 0 bridgehead atoms. The van der Waals surface area contributed by atoms with E-state index in [0.717, 1.165) is 0 Å². The molecule has 31 heavy (non-hydrogen) atoms. The van der Waals surface area contributed by atoms with Gasteiger partial charge in [0.25, 0.3) is 5.56 Å². The molecule has 0 aromatic carbocycles. The molecule has 0 radical (unpaired) electrons. The van der Waals surface area contributed by atoms with Crippen LogP contribution in [0.1, 0.15) is 27.0 Å². The van der Waals surface area contributed by atoms with Crippen molar-refractivity contribution >= 4 is 28.9 Å². The van der Waals surface area contributed by atoms with Crippen molar-refractivity contribution in [1.29, 1.82) is 0 Å². The minimum atomic E-state index is -1.19. The molecule has 0 unspecified atom stereocenters. The van der Waals surface area contributed by atoms with E-state index >= 15 is 0 Å². The number of rotatable bonds is 5. The first-order chi connectivity index (χ1) is 14.6. The van der Waals surface area contributed by atoms with E-state index in [1.54, 1.807) is 0 Å². The molecule has 12 nitrogen and oxygen atoms in total. The number of fused-ring (bicyclic) bond motifs is 1. The first kappa shape index (κ1) is 22.3. The summed E-state index contributed by atoms with van der Waals surface area (Å²) in [7, 11) is 2.89. The average molecular weight is 437 g/mol. The third-order valence-electron chi connectivity index (χ3n) is 4.69. The summed E-state index contributed by atoms with van der Waals surface area (Å²) in [5.74, 6) is -1.95. The van der Waals surface area contributed by atoms with Crippen molar-refractivity contribution in [3.05, 3.63) is 22.6 Å². The van der Waals surface area contributed by atoms with Crippen LogP contribution in [-0.4, -0.2) is 64.1 Å². The van der Waals surface area contributed by atoms with Crippen molar-refractivity contribution < 1.29 is 38.1 Å². The van der Waals surface area contributed by atoms with Crippen LogP contribution in [0.2, 0.25) is 0 Å². The van der Waals surface area contributed by atoms with E-state index in [2.05, 4.69) is 4.98 Å². The molecule has 2 aromatic rings. The Bertz CT molecular complexity index is 1070. The Kier molecular flexibility index (Phi) is 6.29. The van der Waals surface area contributed by atoms with Gasteiger partial charge in [-0.05, 0) is 6.07 Å². The van der Waals surface area contributed by atoms with Crippen LogP contribution >= 0.6 is 0 Å². The van der Waals surface area contributed by atoms with Crippen LogP contribution in [0.3, 0.4) is 0 Å². The molecule has 168 valence electrons. The van der Waals surface area contributed by atoms with Gasteiger partial charge < -0.3 is 28.3 Å². The Morgan fingerprint density at radius 1 is 1.06 bits per heavy atom. The normalized spacial score (nSPS) is 23.3. The second-order valence-corrected chi connectivity index (χ2v) is 6.94. The number of esters is 3. The fraction of sp³-hybridized carbons (Fsp3) is 0.526. The van der Waals surface area contributed by atoms with Gasteiger partial charge in [0, 0.05) is 34.0 Å². The molecule has 3 rings (SSSR count). The third kappa shape index (κ3) is 4.38. The number of aromatic nitrogens is 3. The number of methoxy groups -OCH3 is 1. The molecular weight excluding hydrogens is 414 g/mol. The van der Waals surface area contributed by atoms with E-state index in [9.17, 15) is 19.2 Å². The summed E-state index contributed by atoms with van der Waals surface area (Å²) in [6.45, 7) is 3.41. The highest BCUT2D eigenvalue weighted by Gasteiger charge is 2.48. The quantitative estimate of drug-likeness (QED) is 0.466. The van der Waals surface area contributed by atoms with Gasteiger partial charge in [0.05, 0.1) is 19.1 Å². The number of hydrogen-bond acceptors (Lipinski definition) is 10. The Balaban J connectivity index is 2.11. The monoisotopic (exact) mass is 437 g/mol. The van der Waals surface area contributed by atoms with Gasteiger partial charge in [-0.1, -0.05) is 0 Å². The number of ether oxygens (including phenoxy) is 5. The zero-order chi connectivity index (χ0) is 22.9. The average Bonchev–Trinajstić information content (AvgIpc) is 3.10. The summed E-state index contributed by atoms with van der Waals surface area (Å²) < 4.78 is 29.7. The van der Waals surface area contributed by atoms with Crippen LogP contribution in [-0.2, 0) is 40.4 Å². The minimum absolute atomic E-state index is 0.0617. The van der Waals surface area contributed by atoms with Gasteiger partial charge in [0.15, 0.2) is 30.2 Å². The highest BCUT2D eigenvalue weighted by atomic mass is 16.6. The van der Waals surface area contributed by atoms with Gasteiger partial charge in [0.2, 0.25) is 0 Å². The lowest BCUT2D eigenvalue weighted by Crippen LogP contribution is -2.55. The summed E-state index contributed by atoms with van der Waals surface area (Å²) in [6.07, 6.45) is -2.82. The van der Waals surface area contributed by atoms with Gasteiger partial charge >= 0.3 is 23.9 Å². The first-order valence-corrected chi connectivity index (χ1v) is 9.38. The van der Waals surface area contributed by atoms with Crippen molar-refractivity contribution in [1.82, 2.24) is 14.1 Å². The highest BCUT2D eigenvalue weighted by molar-refractivity contribution is 5.75. The van der Waals surface area contributed by atoms with Gasteiger partial charge in [0.1, 0.15) is 0 Å². The zero-order valence-electron chi connectivity index (χ0n) is 17.7. The van der Waals surface area contributed by atoms with Crippen molar-refractivity contribution in [2.75, 3.05) is 13.7 Å². The fourth-order valence-electron chi connectivity index (χ4n) is 3.51. The van der Waals surface area contributed by atoms with Gasteiger partial charge in [-0.3, -0.25) is 23.7 Å². The molecule has 0 aliphatic carbocycles. The minimum Gasteiger partial charge on any atom is -0.468 e. The molecule has 0 saturated carbocycles. The van der Waals surface area contributed by atoms with Crippen molar-refractivity contribution in [2.24, 2.45) is 7.05 Å². The molecule has 1 aliphatic heterocycles. The maximum atomic E-state index is 12.6. The van der Waals surface area contributed by atoms with Crippen molar-refractivity contribution in [2.45, 2.75) is 45.3 Å². The van der Waals surface area contributed by atoms with Crippen LogP contribution in [0.25, 0.3) is 11.0 Å². The van der Waals surface area contributed by atoms with E-state index in [4.69, 9.17) is 23.7 Å². The second-order valence-electron chi connectivity index (χ2n) is 6.94. The Hall–Kier alpha value is -3.41. The molecule has 0 spiro atoms. The molecule has 1 saturated heterocycles. The molecule has 0 N–H and O–H groups in total. The molecular formula is C19H23N3O9. The summed E-state index contributed by atoms with van der Waals surface area (Å²) >= 11 is 0. The molecule has 1 aliphatic rings. The number of carbonyl (C=O) groups excluding carboxylic acids is 3. The topological polar surface area (TPSA) is 137 Å².